The van der Waals surface area contributed by atoms with E-state index in [1.54, 1.807) is 14.2 Å². The van der Waals surface area contributed by atoms with E-state index in [0.29, 0.717) is 42.5 Å². The maximum Gasteiger partial charge on any atom is 0.226 e. The van der Waals surface area contributed by atoms with Crippen LogP contribution in [0.2, 0.25) is 0 Å². The number of carbonyl (C=O) groups excluding carboxylic acids is 1. The molecule has 1 unspecified atom stereocenters. The van der Waals surface area contributed by atoms with Gasteiger partial charge in [-0.1, -0.05) is 19.0 Å². The van der Waals surface area contributed by atoms with Crippen molar-refractivity contribution in [2.45, 2.75) is 58.9 Å². The number of nitrogens with zero attached hydrogens (tertiary/aromatic N) is 2. The second-order valence-electron chi connectivity index (χ2n) is 6.91. The maximum absolute atomic E-state index is 12.3. The molecule has 7 heteroatoms. The molecule has 1 aromatic heterocycles. The fraction of sp³-hybridized carbons (Fsp3) is 0.550. The molecule has 0 saturated carbocycles. The van der Waals surface area contributed by atoms with Crippen molar-refractivity contribution < 1.29 is 18.8 Å². The molecule has 1 atom stereocenters. The Morgan fingerprint density at radius 3 is 2.44 bits per heavy atom. The molecular formula is C20H29N3O4. The third-order valence-corrected chi connectivity index (χ3v) is 4.41. The molecule has 0 spiro atoms. The van der Waals surface area contributed by atoms with Gasteiger partial charge in [0.2, 0.25) is 11.8 Å². The molecule has 0 radical (unpaired) electrons. The molecule has 0 bridgehead atoms. The van der Waals surface area contributed by atoms with Crippen LogP contribution in [-0.2, 0) is 11.2 Å². The van der Waals surface area contributed by atoms with Crippen molar-refractivity contribution >= 4 is 5.91 Å². The SMILES string of the molecule is COc1cc(C)c(C(C)NC(=O)CCCc2nc(C(C)C)no2)cc1OC. The number of carbonyl (C=O) groups is 1. The average molecular weight is 375 g/mol. The van der Waals surface area contributed by atoms with Gasteiger partial charge < -0.3 is 19.3 Å². The number of hydrogen-bond acceptors (Lipinski definition) is 6. The Kier molecular flexibility index (Phi) is 7.21. The number of nitrogens with one attached hydrogen (secondary N) is 1. The number of amides is 1. The molecule has 1 heterocycles. The van der Waals surface area contributed by atoms with Gasteiger partial charge in [0.25, 0.3) is 0 Å². The third-order valence-electron chi connectivity index (χ3n) is 4.41. The summed E-state index contributed by atoms with van der Waals surface area (Å²) >= 11 is 0. The van der Waals surface area contributed by atoms with E-state index in [4.69, 9.17) is 14.0 Å². The minimum absolute atomic E-state index is 0.0136. The fourth-order valence-corrected chi connectivity index (χ4v) is 2.86. The first-order valence-corrected chi connectivity index (χ1v) is 9.20. The zero-order valence-corrected chi connectivity index (χ0v) is 17.0. The average Bonchev–Trinajstić information content (AvgIpc) is 3.10. The van der Waals surface area contributed by atoms with Gasteiger partial charge in [0.05, 0.1) is 20.3 Å². The Labute approximate surface area is 160 Å². The summed E-state index contributed by atoms with van der Waals surface area (Å²) in [5.74, 6) is 2.83. The lowest BCUT2D eigenvalue weighted by atomic mass is 10.0. The zero-order valence-electron chi connectivity index (χ0n) is 17.0. The first-order valence-electron chi connectivity index (χ1n) is 9.20. The van der Waals surface area contributed by atoms with Crippen LogP contribution >= 0.6 is 0 Å². The van der Waals surface area contributed by atoms with Crippen LogP contribution in [-0.4, -0.2) is 30.3 Å². The molecular weight excluding hydrogens is 346 g/mol. The largest absolute Gasteiger partial charge is 0.493 e. The van der Waals surface area contributed by atoms with E-state index < -0.39 is 0 Å². The van der Waals surface area contributed by atoms with Crippen LogP contribution in [0.3, 0.4) is 0 Å². The second kappa shape index (κ2) is 9.39. The molecule has 1 N–H and O–H groups in total. The minimum atomic E-state index is -0.131. The number of ether oxygens (including phenoxy) is 2. The van der Waals surface area contributed by atoms with Crippen LogP contribution in [0.4, 0.5) is 0 Å². The topological polar surface area (TPSA) is 86.5 Å². The molecule has 2 rings (SSSR count). The summed E-state index contributed by atoms with van der Waals surface area (Å²) in [6.07, 6.45) is 1.65. The molecule has 0 fully saturated rings. The van der Waals surface area contributed by atoms with E-state index >= 15 is 0 Å². The molecule has 148 valence electrons. The van der Waals surface area contributed by atoms with Gasteiger partial charge in [-0.25, -0.2) is 0 Å². The normalized spacial score (nSPS) is 12.1. The summed E-state index contributed by atoms with van der Waals surface area (Å²) < 4.78 is 15.9. The number of methoxy groups -OCH3 is 2. The van der Waals surface area contributed by atoms with Crippen molar-refractivity contribution in [3.8, 4) is 11.5 Å². The lowest BCUT2D eigenvalue weighted by Crippen LogP contribution is -2.27. The number of rotatable bonds is 9. The van der Waals surface area contributed by atoms with E-state index in [1.165, 1.54) is 0 Å². The van der Waals surface area contributed by atoms with Crippen molar-refractivity contribution in [2.75, 3.05) is 14.2 Å². The predicted molar refractivity (Wildman–Crippen MR) is 102 cm³/mol. The lowest BCUT2D eigenvalue weighted by molar-refractivity contribution is -0.121. The van der Waals surface area contributed by atoms with Crippen molar-refractivity contribution in [1.82, 2.24) is 15.5 Å². The van der Waals surface area contributed by atoms with Crippen molar-refractivity contribution in [2.24, 2.45) is 0 Å². The number of hydrogen-bond donors (Lipinski definition) is 1. The van der Waals surface area contributed by atoms with E-state index in [-0.39, 0.29) is 17.9 Å². The van der Waals surface area contributed by atoms with Gasteiger partial charge in [-0.3, -0.25) is 4.79 Å². The molecule has 7 nitrogen and oxygen atoms in total. The van der Waals surface area contributed by atoms with E-state index in [0.717, 1.165) is 11.1 Å². The van der Waals surface area contributed by atoms with Crippen molar-refractivity contribution in [3.05, 3.63) is 35.0 Å². The van der Waals surface area contributed by atoms with Crippen LogP contribution in [0.15, 0.2) is 16.7 Å². The van der Waals surface area contributed by atoms with E-state index in [1.807, 2.05) is 39.8 Å². The summed E-state index contributed by atoms with van der Waals surface area (Å²) in [4.78, 5) is 16.6. The Morgan fingerprint density at radius 1 is 1.19 bits per heavy atom. The minimum Gasteiger partial charge on any atom is -0.493 e. The smallest absolute Gasteiger partial charge is 0.226 e. The first kappa shape index (κ1) is 20.7. The summed E-state index contributed by atoms with van der Waals surface area (Å²) in [7, 11) is 3.21. The first-order chi connectivity index (χ1) is 12.8. The highest BCUT2D eigenvalue weighted by Gasteiger charge is 2.16. The van der Waals surface area contributed by atoms with Gasteiger partial charge in [-0.05, 0) is 43.5 Å². The molecule has 0 aliphatic rings. The van der Waals surface area contributed by atoms with Crippen LogP contribution in [0.25, 0.3) is 0 Å². The third kappa shape index (κ3) is 5.45. The standard InChI is InChI=1S/C20H29N3O4/c1-12(2)20-22-19(27-23-20)9-7-8-18(24)21-14(4)15-11-17(26-6)16(25-5)10-13(15)3/h10-12,14H,7-9H2,1-6H3,(H,21,24). The molecule has 1 aromatic carbocycles. The Balaban J connectivity index is 1.89. The summed E-state index contributed by atoms with van der Waals surface area (Å²) in [6.45, 7) is 7.97. The van der Waals surface area contributed by atoms with Crippen LogP contribution in [0, 0.1) is 6.92 Å². The summed E-state index contributed by atoms with van der Waals surface area (Å²) in [5, 5.41) is 6.97. The second-order valence-corrected chi connectivity index (χ2v) is 6.91. The van der Waals surface area contributed by atoms with Crippen LogP contribution < -0.4 is 14.8 Å². The molecule has 0 saturated heterocycles. The van der Waals surface area contributed by atoms with Crippen molar-refractivity contribution in [3.63, 3.8) is 0 Å². The van der Waals surface area contributed by atoms with Crippen LogP contribution in [0.1, 0.15) is 68.4 Å². The number of aryl methyl sites for hydroxylation is 2. The highest BCUT2D eigenvalue weighted by Crippen LogP contribution is 2.32. The number of benzene rings is 1. The monoisotopic (exact) mass is 375 g/mol. The van der Waals surface area contributed by atoms with Crippen molar-refractivity contribution in [1.29, 1.82) is 0 Å². The fourth-order valence-electron chi connectivity index (χ4n) is 2.86. The van der Waals surface area contributed by atoms with Crippen LogP contribution in [0.5, 0.6) is 11.5 Å². The highest BCUT2D eigenvalue weighted by atomic mass is 16.5. The number of aromatic nitrogens is 2. The Bertz CT molecular complexity index is 771. The molecule has 2 aromatic rings. The highest BCUT2D eigenvalue weighted by molar-refractivity contribution is 5.76. The quantitative estimate of drug-likeness (QED) is 0.719. The van der Waals surface area contributed by atoms with Gasteiger partial charge in [-0.15, -0.1) is 0 Å². The summed E-state index contributed by atoms with van der Waals surface area (Å²) in [5.41, 5.74) is 2.03. The molecule has 0 aliphatic carbocycles. The molecule has 0 aliphatic heterocycles. The lowest BCUT2D eigenvalue weighted by Gasteiger charge is -2.19. The predicted octanol–water partition coefficient (Wildman–Crippen LogP) is 3.72. The molecule has 27 heavy (non-hydrogen) atoms. The van der Waals surface area contributed by atoms with E-state index in [9.17, 15) is 4.79 Å². The Morgan fingerprint density at radius 2 is 1.85 bits per heavy atom. The van der Waals surface area contributed by atoms with Gasteiger partial charge >= 0.3 is 0 Å². The van der Waals surface area contributed by atoms with Gasteiger partial charge in [-0.2, -0.15) is 4.98 Å². The van der Waals surface area contributed by atoms with Gasteiger partial charge in [0.15, 0.2) is 17.3 Å². The summed E-state index contributed by atoms with van der Waals surface area (Å²) in [6, 6.07) is 3.69. The van der Waals surface area contributed by atoms with Gasteiger partial charge in [0.1, 0.15) is 0 Å². The zero-order chi connectivity index (χ0) is 20.0. The van der Waals surface area contributed by atoms with Gasteiger partial charge in [0, 0.05) is 18.8 Å². The Hall–Kier alpha value is -2.57. The molecule has 1 amide bonds. The van der Waals surface area contributed by atoms with E-state index in [2.05, 4.69) is 15.5 Å². The maximum atomic E-state index is 12.3.